The molecule has 1 atom stereocenters. The van der Waals surface area contributed by atoms with Gasteiger partial charge in [-0.25, -0.2) is 4.98 Å². The van der Waals surface area contributed by atoms with E-state index in [0.717, 1.165) is 46.7 Å². The quantitative estimate of drug-likeness (QED) is 0.433. The molecule has 28 heavy (non-hydrogen) atoms. The number of hydrogen-bond donors (Lipinski definition) is 0. The number of nitrogens with zero attached hydrogens (tertiary/aromatic N) is 2. The first-order valence-electron chi connectivity index (χ1n) is 9.33. The number of rotatable bonds is 7. The number of amides is 1. The van der Waals surface area contributed by atoms with E-state index in [4.69, 9.17) is 9.72 Å². The first kappa shape index (κ1) is 19.8. The normalized spacial score (nSPS) is 16.4. The summed E-state index contributed by atoms with van der Waals surface area (Å²) in [4.78, 5) is 19.7. The number of halogens is 1. The molecular weight excluding hydrogens is 456 g/mol. The maximum atomic E-state index is 13.1. The summed E-state index contributed by atoms with van der Waals surface area (Å²) in [7, 11) is 0. The van der Waals surface area contributed by atoms with Crippen molar-refractivity contribution in [1.29, 1.82) is 0 Å². The van der Waals surface area contributed by atoms with E-state index in [1.165, 1.54) is 16.9 Å². The molecule has 1 saturated heterocycles. The maximum absolute atomic E-state index is 13.1. The van der Waals surface area contributed by atoms with Crippen LogP contribution in [0.25, 0.3) is 11.3 Å². The highest BCUT2D eigenvalue weighted by atomic mass is 79.9. The van der Waals surface area contributed by atoms with Crippen molar-refractivity contribution in [3.8, 4) is 11.3 Å². The van der Waals surface area contributed by atoms with Crippen LogP contribution in [0.4, 0.5) is 5.13 Å². The van der Waals surface area contributed by atoms with Crippen LogP contribution in [0, 0.1) is 0 Å². The lowest BCUT2D eigenvalue weighted by Gasteiger charge is -2.23. The zero-order valence-electron chi connectivity index (χ0n) is 15.3. The molecule has 1 amide bonds. The lowest BCUT2D eigenvalue weighted by molar-refractivity contribution is -0.119. The van der Waals surface area contributed by atoms with Gasteiger partial charge >= 0.3 is 0 Å². The van der Waals surface area contributed by atoms with Gasteiger partial charge in [0, 0.05) is 28.4 Å². The van der Waals surface area contributed by atoms with Gasteiger partial charge in [-0.3, -0.25) is 9.69 Å². The monoisotopic (exact) mass is 476 g/mol. The summed E-state index contributed by atoms with van der Waals surface area (Å²) in [6.07, 6.45) is 3.40. The minimum absolute atomic E-state index is 0.102. The second-order valence-corrected chi connectivity index (χ2v) is 9.33. The van der Waals surface area contributed by atoms with E-state index in [2.05, 4.69) is 32.8 Å². The van der Waals surface area contributed by atoms with Crippen LogP contribution in [-0.4, -0.2) is 30.1 Å². The predicted octanol–water partition coefficient (Wildman–Crippen LogP) is 5.78. The van der Waals surface area contributed by atoms with E-state index in [1.54, 1.807) is 11.3 Å². The van der Waals surface area contributed by atoms with Crippen LogP contribution in [0.15, 0.2) is 50.9 Å². The molecule has 1 aliphatic heterocycles. The minimum Gasteiger partial charge on any atom is -0.376 e. The van der Waals surface area contributed by atoms with Crippen LogP contribution in [0.2, 0.25) is 0 Å². The van der Waals surface area contributed by atoms with Crippen LogP contribution in [0.5, 0.6) is 0 Å². The van der Waals surface area contributed by atoms with Crippen molar-refractivity contribution < 1.29 is 9.53 Å². The summed E-state index contributed by atoms with van der Waals surface area (Å²) in [5.41, 5.74) is 3.16. The lowest BCUT2D eigenvalue weighted by atomic mass is 10.1. The standard InChI is InChI=1S/C21H21BrN2O2S2/c22-17-6-4-16(5-7-17)19-14-28-21(23-19)24(12-18-2-1-10-26-18)20(25)8-3-15-9-11-27-13-15/h4-7,9,11,13-14,18H,1-3,8,10,12H2/t18-/m1/s1. The SMILES string of the molecule is O=C(CCc1ccsc1)N(C[C@H]1CCCO1)c1nc(-c2ccc(Br)cc2)cs1. The third-order valence-corrected chi connectivity index (χ3v) is 6.91. The molecule has 0 unspecified atom stereocenters. The van der Waals surface area contributed by atoms with Crippen LogP contribution >= 0.6 is 38.6 Å². The fraction of sp³-hybridized carbons (Fsp3) is 0.333. The van der Waals surface area contributed by atoms with Crippen molar-refractivity contribution in [3.63, 3.8) is 0 Å². The molecule has 0 spiro atoms. The summed E-state index contributed by atoms with van der Waals surface area (Å²) in [6.45, 7) is 1.36. The van der Waals surface area contributed by atoms with Crippen LogP contribution in [0.3, 0.4) is 0 Å². The molecule has 4 rings (SSSR count). The van der Waals surface area contributed by atoms with Crippen LogP contribution in [0.1, 0.15) is 24.8 Å². The summed E-state index contributed by atoms with van der Waals surface area (Å²) < 4.78 is 6.83. The van der Waals surface area contributed by atoms with Gasteiger partial charge in [0.25, 0.3) is 0 Å². The highest BCUT2D eigenvalue weighted by molar-refractivity contribution is 9.10. The van der Waals surface area contributed by atoms with E-state index in [-0.39, 0.29) is 12.0 Å². The molecule has 1 aromatic carbocycles. The first-order chi connectivity index (χ1) is 13.7. The number of benzene rings is 1. The Morgan fingerprint density at radius 3 is 2.82 bits per heavy atom. The Labute approximate surface area is 181 Å². The number of carbonyl (C=O) groups is 1. The predicted molar refractivity (Wildman–Crippen MR) is 119 cm³/mol. The molecule has 146 valence electrons. The zero-order valence-corrected chi connectivity index (χ0v) is 18.6. The summed E-state index contributed by atoms with van der Waals surface area (Å²) >= 11 is 6.65. The number of thiophene rings is 1. The molecule has 3 aromatic rings. The Hall–Kier alpha value is -1.54. The second-order valence-electron chi connectivity index (χ2n) is 6.79. The molecule has 1 aliphatic rings. The molecule has 3 heterocycles. The smallest absolute Gasteiger partial charge is 0.229 e. The lowest BCUT2D eigenvalue weighted by Crippen LogP contribution is -2.37. The zero-order chi connectivity index (χ0) is 19.3. The average molecular weight is 477 g/mol. The summed E-state index contributed by atoms with van der Waals surface area (Å²) in [6, 6.07) is 10.2. The molecule has 0 aliphatic carbocycles. The molecule has 0 radical (unpaired) electrons. The number of carbonyl (C=O) groups excluding carboxylic acids is 1. The van der Waals surface area contributed by atoms with E-state index in [1.807, 2.05) is 34.5 Å². The van der Waals surface area contributed by atoms with Gasteiger partial charge in [-0.1, -0.05) is 28.1 Å². The largest absolute Gasteiger partial charge is 0.376 e. The van der Waals surface area contributed by atoms with Crippen molar-refractivity contribution in [1.82, 2.24) is 4.98 Å². The Morgan fingerprint density at radius 2 is 2.11 bits per heavy atom. The van der Waals surface area contributed by atoms with Gasteiger partial charge in [-0.15, -0.1) is 11.3 Å². The van der Waals surface area contributed by atoms with Gasteiger partial charge in [-0.2, -0.15) is 11.3 Å². The van der Waals surface area contributed by atoms with Crippen LogP contribution in [-0.2, 0) is 16.0 Å². The molecule has 0 N–H and O–H groups in total. The van der Waals surface area contributed by atoms with Crippen LogP contribution < -0.4 is 4.90 Å². The van der Waals surface area contributed by atoms with Crippen molar-refractivity contribution in [2.75, 3.05) is 18.1 Å². The number of aryl methyl sites for hydroxylation is 1. The van der Waals surface area contributed by atoms with Gasteiger partial charge in [0.15, 0.2) is 5.13 Å². The highest BCUT2D eigenvalue weighted by Gasteiger charge is 2.25. The topological polar surface area (TPSA) is 42.4 Å². The Morgan fingerprint density at radius 1 is 1.25 bits per heavy atom. The molecule has 7 heteroatoms. The Balaban J connectivity index is 1.52. The summed E-state index contributed by atoms with van der Waals surface area (Å²) in [5.74, 6) is 0.110. The second kappa shape index (κ2) is 9.31. The third-order valence-electron chi connectivity index (χ3n) is 4.78. The molecule has 2 aromatic heterocycles. The number of thiazole rings is 1. The molecular formula is C21H21BrN2O2S2. The van der Waals surface area contributed by atoms with E-state index in [9.17, 15) is 4.79 Å². The molecule has 4 nitrogen and oxygen atoms in total. The maximum Gasteiger partial charge on any atom is 0.229 e. The van der Waals surface area contributed by atoms with Crippen molar-refractivity contribution >= 4 is 49.6 Å². The van der Waals surface area contributed by atoms with Gasteiger partial charge in [0.2, 0.25) is 5.91 Å². The molecule has 1 fully saturated rings. The fourth-order valence-electron chi connectivity index (χ4n) is 3.24. The van der Waals surface area contributed by atoms with Gasteiger partial charge in [0.05, 0.1) is 18.3 Å². The van der Waals surface area contributed by atoms with Crippen molar-refractivity contribution in [2.24, 2.45) is 0 Å². The van der Waals surface area contributed by atoms with Gasteiger partial charge in [-0.05, 0) is 53.8 Å². The van der Waals surface area contributed by atoms with Crippen molar-refractivity contribution in [2.45, 2.75) is 31.8 Å². The number of anilines is 1. The highest BCUT2D eigenvalue weighted by Crippen LogP contribution is 2.30. The Kier molecular flexibility index (Phi) is 6.57. The van der Waals surface area contributed by atoms with Gasteiger partial charge < -0.3 is 4.74 Å². The van der Waals surface area contributed by atoms with E-state index < -0.39 is 0 Å². The van der Waals surface area contributed by atoms with Crippen molar-refractivity contribution in [3.05, 3.63) is 56.5 Å². The van der Waals surface area contributed by atoms with E-state index in [0.29, 0.717) is 13.0 Å². The fourth-order valence-corrected chi connectivity index (χ4v) is 5.07. The van der Waals surface area contributed by atoms with E-state index >= 15 is 0 Å². The number of hydrogen-bond acceptors (Lipinski definition) is 5. The summed E-state index contributed by atoms with van der Waals surface area (Å²) in [5, 5.41) is 6.93. The number of ether oxygens (including phenoxy) is 1. The number of aromatic nitrogens is 1. The average Bonchev–Trinajstić information content (AvgIpc) is 3.47. The molecule has 0 saturated carbocycles. The molecule has 0 bridgehead atoms. The first-order valence-corrected chi connectivity index (χ1v) is 11.9. The Bertz CT molecular complexity index is 903. The third kappa shape index (κ3) is 4.89. The van der Waals surface area contributed by atoms with Gasteiger partial charge in [0.1, 0.15) is 0 Å². The minimum atomic E-state index is 0.102.